The van der Waals surface area contributed by atoms with Gasteiger partial charge in [-0.3, -0.25) is 9.69 Å². The average Bonchev–Trinajstić information content (AvgIpc) is 3.06. The van der Waals surface area contributed by atoms with Crippen LogP contribution in [0.4, 0.5) is 0 Å². The second-order valence-corrected chi connectivity index (χ2v) is 6.69. The van der Waals surface area contributed by atoms with Crippen molar-refractivity contribution in [3.8, 4) is 6.07 Å². The summed E-state index contributed by atoms with van der Waals surface area (Å²) in [6, 6.07) is 6.68. The summed E-state index contributed by atoms with van der Waals surface area (Å²) < 4.78 is 2.12. The van der Waals surface area contributed by atoms with E-state index in [4.69, 9.17) is 0 Å². The number of nitrogens with one attached hydrogen (secondary N) is 1. The standard InChI is InChI=1S/C17H26N4O/c1-13(2)17(3,12-18)19-16(22)11-21-10-6-8-15(21)14-7-5-9-20(14)4/h5,7,9,13,15H,6,8,10-11H2,1-4H3,(H,19,22)/t15-,17-/m1/s1. The van der Waals surface area contributed by atoms with Gasteiger partial charge in [-0.25, -0.2) is 0 Å². The molecule has 120 valence electrons. The van der Waals surface area contributed by atoms with Crippen molar-refractivity contribution in [1.82, 2.24) is 14.8 Å². The number of nitriles is 1. The summed E-state index contributed by atoms with van der Waals surface area (Å²) in [5.41, 5.74) is 0.439. The number of aromatic nitrogens is 1. The molecule has 1 fully saturated rings. The largest absolute Gasteiger partial charge is 0.353 e. The first kappa shape index (κ1) is 16.6. The monoisotopic (exact) mass is 302 g/mol. The average molecular weight is 302 g/mol. The zero-order chi connectivity index (χ0) is 16.3. The first-order chi connectivity index (χ1) is 10.4. The van der Waals surface area contributed by atoms with E-state index in [2.05, 4.69) is 26.9 Å². The van der Waals surface area contributed by atoms with Crippen LogP contribution in [-0.4, -0.2) is 34.0 Å². The smallest absolute Gasteiger partial charge is 0.235 e. The van der Waals surface area contributed by atoms with Gasteiger partial charge in [-0.2, -0.15) is 5.26 Å². The van der Waals surface area contributed by atoms with Gasteiger partial charge in [0.1, 0.15) is 5.54 Å². The van der Waals surface area contributed by atoms with E-state index >= 15 is 0 Å². The lowest BCUT2D eigenvalue weighted by Crippen LogP contribution is -2.51. The summed E-state index contributed by atoms with van der Waals surface area (Å²) in [5, 5.41) is 12.2. The Hall–Kier alpha value is -1.80. The number of rotatable bonds is 5. The van der Waals surface area contributed by atoms with E-state index in [0.717, 1.165) is 19.4 Å². The maximum atomic E-state index is 12.4. The zero-order valence-corrected chi connectivity index (χ0v) is 14.0. The Labute approximate surface area is 132 Å². The van der Waals surface area contributed by atoms with Crippen LogP contribution in [0.3, 0.4) is 0 Å². The summed E-state index contributed by atoms with van der Waals surface area (Å²) in [4.78, 5) is 14.6. The molecule has 2 atom stereocenters. The van der Waals surface area contributed by atoms with Crippen LogP contribution >= 0.6 is 0 Å². The molecule has 22 heavy (non-hydrogen) atoms. The Morgan fingerprint density at radius 2 is 2.32 bits per heavy atom. The number of aryl methyl sites for hydroxylation is 1. The van der Waals surface area contributed by atoms with Gasteiger partial charge < -0.3 is 9.88 Å². The third-order valence-electron chi connectivity index (χ3n) is 4.82. The van der Waals surface area contributed by atoms with Crippen LogP contribution in [0.25, 0.3) is 0 Å². The molecule has 0 radical (unpaired) electrons. The van der Waals surface area contributed by atoms with Crippen LogP contribution in [0.5, 0.6) is 0 Å². The van der Waals surface area contributed by atoms with Crippen molar-refractivity contribution in [2.45, 2.75) is 45.2 Å². The quantitative estimate of drug-likeness (QED) is 0.907. The third-order valence-corrected chi connectivity index (χ3v) is 4.82. The molecule has 0 bridgehead atoms. The molecule has 2 heterocycles. The van der Waals surface area contributed by atoms with Crippen LogP contribution in [0.2, 0.25) is 0 Å². The minimum Gasteiger partial charge on any atom is -0.353 e. The molecule has 1 N–H and O–H groups in total. The molecular weight excluding hydrogens is 276 g/mol. The number of carbonyl (C=O) groups is 1. The number of amides is 1. The fourth-order valence-electron chi connectivity index (χ4n) is 2.99. The number of nitrogens with zero attached hydrogens (tertiary/aromatic N) is 3. The van der Waals surface area contributed by atoms with Crippen molar-refractivity contribution in [2.24, 2.45) is 13.0 Å². The van der Waals surface area contributed by atoms with Gasteiger partial charge >= 0.3 is 0 Å². The molecule has 0 aromatic carbocycles. The Morgan fingerprint density at radius 1 is 1.59 bits per heavy atom. The fraction of sp³-hybridized carbons (Fsp3) is 0.647. The zero-order valence-electron chi connectivity index (χ0n) is 14.0. The second kappa shape index (κ2) is 6.53. The van der Waals surface area contributed by atoms with E-state index < -0.39 is 5.54 Å². The minimum atomic E-state index is -0.808. The molecule has 0 spiro atoms. The van der Waals surface area contributed by atoms with E-state index in [1.807, 2.05) is 33.2 Å². The van der Waals surface area contributed by atoms with Crippen molar-refractivity contribution < 1.29 is 4.79 Å². The van der Waals surface area contributed by atoms with Crippen LogP contribution in [0, 0.1) is 17.2 Å². The van der Waals surface area contributed by atoms with Crippen molar-refractivity contribution >= 4 is 5.91 Å². The van der Waals surface area contributed by atoms with Gasteiger partial charge in [0, 0.05) is 18.9 Å². The Morgan fingerprint density at radius 3 is 2.86 bits per heavy atom. The van der Waals surface area contributed by atoms with Gasteiger partial charge in [0.15, 0.2) is 0 Å². The van der Waals surface area contributed by atoms with Crippen LogP contribution in [0.15, 0.2) is 18.3 Å². The predicted octanol–water partition coefficient (Wildman–Crippen LogP) is 2.22. The summed E-state index contributed by atoms with van der Waals surface area (Å²) >= 11 is 0. The van der Waals surface area contributed by atoms with Crippen LogP contribution in [0.1, 0.15) is 45.3 Å². The Balaban J connectivity index is 2.02. The number of carbonyl (C=O) groups excluding carboxylic acids is 1. The predicted molar refractivity (Wildman–Crippen MR) is 86.0 cm³/mol. The molecule has 1 amide bonds. The normalized spacial score (nSPS) is 21.5. The van der Waals surface area contributed by atoms with Gasteiger partial charge in [0.25, 0.3) is 0 Å². The minimum absolute atomic E-state index is 0.0705. The fourth-order valence-corrected chi connectivity index (χ4v) is 2.99. The Bertz CT molecular complexity index is 571. The lowest BCUT2D eigenvalue weighted by atomic mass is 9.90. The van der Waals surface area contributed by atoms with Crippen LogP contribution in [-0.2, 0) is 11.8 Å². The van der Waals surface area contributed by atoms with Gasteiger partial charge in [-0.1, -0.05) is 13.8 Å². The summed E-state index contributed by atoms with van der Waals surface area (Å²) in [7, 11) is 2.04. The highest BCUT2D eigenvalue weighted by Gasteiger charge is 2.33. The number of likely N-dealkylation sites (tertiary alicyclic amines) is 1. The lowest BCUT2D eigenvalue weighted by molar-refractivity contribution is -0.124. The summed E-state index contributed by atoms with van der Waals surface area (Å²) in [6.45, 7) is 6.96. The van der Waals surface area contributed by atoms with E-state index in [1.165, 1.54) is 5.69 Å². The number of hydrogen-bond donors (Lipinski definition) is 1. The first-order valence-corrected chi connectivity index (χ1v) is 7.95. The maximum Gasteiger partial charge on any atom is 0.235 e. The topological polar surface area (TPSA) is 61.1 Å². The van der Waals surface area contributed by atoms with Crippen molar-refractivity contribution in [3.63, 3.8) is 0 Å². The Kier molecular flexibility index (Phi) is 4.92. The molecule has 1 saturated heterocycles. The molecule has 0 unspecified atom stereocenters. The molecule has 1 aromatic rings. The van der Waals surface area contributed by atoms with Gasteiger partial charge in [0.2, 0.25) is 5.91 Å². The summed E-state index contributed by atoms with van der Waals surface area (Å²) in [5.74, 6) is 0.00237. The number of hydrogen-bond acceptors (Lipinski definition) is 3. The molecule has 5 heteroatoms. The molecule has 1 aliphatic heterocycles. The van der Waals surface area contributed by atoms with Crippen molar-refractivity contribution in [3.05, 3.63) is 24.0 Å². The molecule has 1 aromatic heterocycles. The molecule has 5 nitrogen and oxygen atoms in total. The van der Waals surface area contributed by atoms with E-state index in [-0.39, 0.29) is 17.9 Å². The van der Waals surface area contributed by atoms with E-state index in [0.29, 0.717) is 6.54 Å². The highest BCUT2D eigenvalue weighted by atomic mass is 16.2. The molecule has 0 aliphatic carbocycles. The van der Waals surface area contributed by atoms with Crippen molar-refractivity contribution in [1.29, 1.82) is 5.26 Å². The van der Waals surface area contributed by atoms with E-state index in [1.54, 1.807) is 6.92 Å². The lowest BCUT2D eigenvalue weighted by Gasteiger charge is -2.30. The first-order valence-electron chi connectivity index (χ1n) is 7.95. The highest BCUT2D eigenvalue weighted by molar-refractivity contribution is 5.79. The summed E-state index contributed by atoms with van der Waals surface area (Å²) in [6.07, 6.45) is 4.21. The maximum absolute atomic E-state index is 12.4. The highest BCUT2D eigenvalue weighted by Crippen LogP contribution is 2.31. The molecular formula is C17H26N4O. The third kappa shape index (κ3) is 3.33. The van der Waals surface area contributed by atoms with Crippen molar-refractivity contribution in [2.75, 3.05) is 13.1 Å². The van der Waals surface area contributed by atoms with Gasteiger partial charge in [-0.05, 0) is 44.4 Å². The molecule has 1 aliphatic rings. The van der Waals surface area contributed by atoms with E-state index in [9.17, 15) is 10.1 Å². The molecule has 0 saturated carbocycles. The second-order valence-electron chi connectivity index (χ2n) is 6.69. The van der Waals surface area contributed by atoms with Gasteiger partial charge in [-0.15, -0.1) is 0 Å². The molecule has 2 rings (SSSR count). The SMILES string of the molecule is CC(C)[C@@](C)(C#N)NC(=O)CN1CCC[C@@H]1c1cccn1C. The van der Waals surface area contributed by atoms with Crippen LogP contribution < -0.4 is 5.32 Å². The van der Waals surface area contributed by atoms with Gasteiger partial charge in [0.05, 0.1) is 18.7 Å².